The lowest BCUT2D eigenvalue weighted by molar-refractivity contribution is -0.121. The van der Waals surface area contributed by atoms with Crippen LogP contribution in [-0.4, -0.2) is 69.0 Å². The largest absolute Gasteiger partial charge is 0.402 e. The van der Waals surface area contributed by atoms with E-state index in [4.69, 9.17) is 23.2 Å². The Hall–Kier alpha value is -1.77. The number of benzene rings is 1. The molecule has 1 atom stereocenters. The number of aliphatic hydroxyl groups is 1. The van der Waals surface area contributed by atoms with Crippen LogP contribution in [-0.2, 0) is 11.0 Å². The lowest BCUT2D eigenvalue weighted by atomic mass is 10.1. The minimum atomic E-state index is -4.59. The van der Waals surface area contributed by atoms with Crippen molar-refractivity contribution in [2.24, 2.45) is 0 Å². The van der Waals surface area contributed by atoms with Crippen LogP contribution in [0.2, 0.25) is 10.0 Å². The zero-order valence-corrected chi connectivity index (χ0v) is 23.6. The van der Waals surface area contributed by atoms with Crippen LogP contribution in [0.1, 0.15) is 54.4 Å². The van der Waals surface area contributed by atoms with Gasteiger partial charge in [0.25, 0.3) is 11.8 Å². The molecule has 1 aromatic carbocycles. The first-order valence-electron chi connectivity index (χ1n) is 11.1. The van der Waals surface area contributed by atoms with Crippen LogP contribution in [0.15, 0.2) is 17.0 Å². The summed E-state index contributed by atoms with van der Waals surface area (Å²) in [6.45, 7) is 5.95. The number of amides is 2. The van der Waals surface area contributed by atoms with Crippen LogP contribution in [0, 0.1) is 0 Å². The molecule has 2 rings (SSSR count). The fourth-order valence-corrected chi connectivity index (χ4v) is 5.67. The summed E-state index contributed by atoms with van der Waals surface area (Å²) in [7, 11) is -2.32. The molecule has 0 spiro atoms. The van der Waals surface area contributed by atoms with Gasteiger partial charge in [-0.2, -0.15) is 13.2 Å². The molecule has 2 amide bonds. The Morgan fingerprint density at radius 1 is 1.16 bits per heavy atom. The van der Waals surface area contributed by atoms with E-state index in [9.17, 15) is 32.1 Å². The van der Waals surface area contributed by atoms with Gasteiger partial charge < -0.3 is 15.3 Å². The van der Waals surface area contributed by atoms with Crippen molar-refractivity contribution >= 4 is 57.3 Å². The Balaban J connectivity index is 2.55. The molecule has 0 saturated heterocycles. The molecular weight excluding hydrogens is 576 g/mol. The zero-order chi connectivity index (χ0) is 28.1. The lowest BCUT2D eigenvalue weighted by Gasteiger charge is -2.19. The van der Waals surface area contributed by atoms with Gasteiger partial charge in [-0.1, -0.05) is 36.2 Å². The van der Waals surface area contributed by atoms with Gasteiger partial charge in [-0.3, -0.25) is 9.59 Å². The first kappa shape index (κ1) is 31.4. The maximum atomic E-state index is 13.3. The molecule has 0 aliphatic carbocycles. The summed E-state index contributed by atoms with van der Waals surface area (Å²) in [5.74, 6) is -1.08. The number of aromatic nitrogens is 1. The second kappa shape index (κ2) is 12.9. The highest BCUT2D eigenvalue weighted by Gasteiger charge is 2.30. The summed E-state index contributed by atoms with van der Waals surface area (Å²) in [6, 6.07) is 2.59. The van der Waals surface area contributed by atoms with Gasteiger partial charge >= 0.3 is 6.18 Å². The first-order valence-corrected chi connectivity index (χ1v) is 13.8. The molecule has 0 saturated carbocycles. The highest BCUT2D eigenvalue weighted by atomic mass is 35.5. The Kier molecular flexibility index (Phi) is 10.9. The molecule has 1 unspecified atom stereocenters. The Morgan fingerprint density at radius 2 is 1.81 bits per heavy atom. The molecule has 8 nitrogen and oxygen atoms in total. The van der Waals surface area contributed by atoms with E-state index >= 15 is 0 Å². The van der Waals surface area contributed by atoms with Crippen molar-refractivity contribution in [1.29, 1.82) is 0 Å². The number of carbonyl (C=O) groups is 2. The third-order valence-electron chi connectivity index (χ3n) is 4.76. The van der Waals surface area contributed by atoms with E-state index in [1.54, 1.807) is 6.92 Å². The summed E-state index contributed by atoms with van der Waals surface area (Å²) in [6.07, 6.45) is -3.91. The number of thiazole rings is 1. The number of nitrogens with zero attached hydrogens (tertiary/aromatic N) is 2. The Bertz CT molecular complexity index is 1170. The minimum Gasteiger partial charge on any atom is -0.389 e. The van der Waals surface area contributed by atoms with Crippen LogP contribution in [0.25, 0.3) is 10.4 Å². The van der Waals surface area contributed by atoms with Crippen LogP contribution in [0.4, 0.5) is 13.2 Å². The van der Waals surface area contributed by atoms with Crippen LogP contribution >= 0.6 is 34.5 Å². The molecule has 0 bridgehead atoms. The van der Waals surface area contributed by atoms with Crippen LogP contribution in [0.3, 0.4) is 0 Å². The predicted octanol–water partition coefficient (Wildman–Crippen LogP) is 4.66. The van der Waals surface area contributed by atoms with Gasteiger partial charge in [-0.25, -0.2) is 13.9 Å². The van der Waals surface area contributed by atoms with E-state index in [2.05, 4.69) is 10.3 Å². The molecule has 1 aromatic heterocycles. The number of rotatable bonds is 11. The highest BCUT2D eigenvalue weighted by molar-refractivity contribution is 7.83. The number of carbonyl (C=O) groups excluding carboxylic acids is 2. The van der Waals surface area contributed by atoms with Gasteiger partial charge in [-0.15, -0.1) is 11.3 Å². The fourth-order valence-electron chi connectivity index (χ4n) is 3.02. The molecule has 2 aromatic rings. The van der Waals surface area contributed by atoms with Gasteiger partial charge in [0.2, 0.25) is 0 Å². The molecule has 0 aliphatic rings. The molecule has 1 heterocycles. The lowest BCUT2D eigenvalue weighted by Crippen LogP contribution is -2.38. The number of alkyl halides is 3. The second-order valence-electron chi connectivity index (χ2n) is 8.52. The molecule has 15 heteroatoms. The van der Waals surface area contributed by atoms with Crippen LogP contribution in [0.5, 0.6) is 0 Å². The second-order valence-corrected chi connectivity index (χ2v) is 11.5. The smallest absolute Gasteiger partial charge is 0.389 e. The van der Waals surface area contributed by atoms with E-state index < -0.39 is 41.1 Å². The van der Waals surface area contributed by atoms with E-state index in [1.807, 2.05) is 11.6 Å². The third kappa shape index (κ3) is 8.62. The minimum absolute atomic E-state index is 0.0595. The van der Waals surface area contributed by atoms with Gasteiger partial charge in [0, 0.05) is 25.2 Å². The first-order chi connectivity index (χ1) is 17.1. The summed E-state index contributed by atoms with van der Waals surface area (Å²) in [4.78, 5) is 31.9. The topological polar surface area (TPSA) is 112 Å². The fraction of sp³-hybridized carbons (Fsp3) is 0.500. The molecule has 37 heavy (non-hydrogen) atoms. The van der Waals surface area contributed by atoms with Crippen molar-refractivity contribution in [2.45, 2.75) is 50.8 Å². The third-order valence-corrected chi connectivity index (χ3v) is 7.99. The molecule has 0 radical (unpaired) electrons. The van der Waals surface area contributed by atoms with Gasteiger partial charge in [0.1, 0.15) is 23.2 Å². The average molecular weight is 604 g/mol. The summed E-state index contributed by atoms with van der Waals surface area (Å²) in [5, 5.41) is 12.0. The predicted molar refractivity (Wildman–Crippen MR) is 139 cm³/mol. The number of nitrogens with one attached hydrogen (secondary N) is 2. The number of hydrogen-bond donors (Lipinski definition) is 3. The van der Waals surface area contributed by atoms with Gasteiger partial charge in [-0.05, 0) is 33.3 Å². The average Bonchev–Trinajstić information content (AvgIpc) is 3.25. The maximum absolute atomic E-state index is 13.3. The maximum Gasteiger partial charge on any atom is 0.402 e. The SMILES string of the molecule is CCCN(CC)C(=O)c1nc(C(=O)NCC(C)(C)O)sc1-c1ccc(S(=O)NCC(F)(F)F)c(Cl)c1Cl. The van der Waals surface area contributed by atoms with E-state index in [1.165, 1.54) is 30.9 Å². The van der Waals surface area contributed by atoms with Crippen molar-refractivity contribution < 1.29 is 32.1 Å². The highest BCUT2D eigenvalue weighted by Crippen LogP contribution is 2.41. The van der Waals surface area contributed by atoms with E-state index in [0.717, 1.165) is 11.3 Å². The van der Waals surface area contributed by atoms with Gasteiger partial charge in [0.05, 0.1) is 25.4 Å². The van der Waals surface area contributed by atoms with E-state index in [-0.39, 0.29) is 42.6 Å². The molecule has 3 N–H and O–H groups in total. The normalized spacial score (nSPS) is 12.9. The molecule has 0 aliphatic heterocycles. The van der Waals surface area contributed by atoms with Crippen LogP contribution < -0.4 is 10.0 Å². The molecule has 0 fully saturated rings. The number of halogens is 5. The Labute approximate surface area is 229 Å². The van der Waals surface area contributed by atoms with Crippen molar-refractivity contribution in [3.8, 4) is 10.4 Å². The van der Waals surface area contributed by atoms with Crippen molar-refractivity contribution in [3.05, 3.63) is 32.9 Å². The monoisotopic (exact) mass is 602 g/mol. The summed E-state index contributed by atoms with van der Waals surface area (Å²) < 4.78 is 51.7. The standard InChI is InChI=1S/C22H27Cl2F3N4O4S2/c1-5-9-31(6-2)20(33)16-17(36-19(30-16)18(32)28-10-21(3,4)34)12-7-8-13(15(24)14(12)23)37(35)29-11-22(25,26)27/h7-8,29,34H,5-6,9-11H2,1-4H3,(H,28,32). The summed E-state index contributed by atoms with van der Waals surface area (Å²) in [5.41, 5.74) is -1.05. The summed E-state index contributed by atoms with van der Waals surface area (Å²) >= 11 is 13.6. The number of hydrogen-bond acceptors (Lipinski definition) is 6. The van der Waals surface area contributed by atoms with Crippen molar-refractivity contribution in [2.75, 3.05) is 26.2 Å². The van der Waals surface area contributed by atoms with Crippen molar-refractivity contribution in [3.63, 3.8) is 0 Å². The van der Waals surface area contributed by atoms with Crippen molar-refractivity contribution in [1.82, 2.24) is 19.9 Å². The zero-order valence-electron chi connectivity index (χ0n) is 20.5. The quantitative estimate of drug-likeness (QED) is 0.346. The molecule has 206 valence electrons. The van der Waals surface area contributed by atoms with E-state index in [0.29, 0.717) is 19.5 Å². The Morgan fingerprint density at radius 3 is 2.35 bits per heavy atom. The molecular formula is C22H27Cl2F3N4O4S2. The van der Waals surface area contributed by atoms with Gasteiger partial charge in [0.15, 0.2) is 5.01 Å².